The number of aliphatic hydroxyl groups excluding tert-OH is 1. The van der Waals surface area contributed by atoms with Crippen molar-refractivity contribution >= 4 is 5.57 Å². The van der Waals surface area contributed by atoms with Crippen molar-refractivity contribution in [3.63, 3.8) is 0 Å². The molecule has 82 valence electrons. The van der Waals surface area contributed by atoms with Crippen molar-refractivity contribution in [3.8, 4) is 0 Å². The maximum Gasteiger partial charge on any atom is 0.0716 e. The molecule has 0 aliphatic rings. The molecule has 0 amide bonds. The Kier molecular flexibility index (Phi) is 5.74. The molecule has 0 fully saturated rings. The summed E-state index contributed by atoms with van der Waals surface area (Å²) in [5, 5.41) is 8.58. The third kappa shape index (κ3) is 4.77. The molecule has 15 heavy (non-hydrogen) atoms. The van der Waals surface area contributed by atoms with Gasteiger partial charge in [0.1, 0.15) is 0 Å². The van der Waals surface area contributed by atoms with E-state index in [4.69, 9.17) is 9.84 Å². The second-order valence-corrected chi connectivity index (χ2v) is 3.45. The van der Waals surface area contributed by atoms with Crippen LogP contribution in [-0.2, 0) is 4.74 Å². The van der Waals surface area contributed by atoms with Crippen LogP contribution in [0.15, 0.2) is 36.9 Å². The van der Waals surface area contributed by atoms with Crippen LogP contribution in [-0.4, -0.2) is 24.9 Å². The molecule has 0 atom stereocenters. The summed E-state index contributed by atoms with van der Waals surface area (Å²) in [4.78, 5) is 0. The van der Waals surface area contributed by atoms with Crippen molar-refractivity contribution in [1.82, 2.24) is 0 Å². The van der Waals surface area contributed by atoms with Crippen LogP contribution in [0.25, 0.3) is 5.57 Å². The molecular formula is C13H18O2. The van der Waals surface area contributed by atoms with Gasteiger partial charge in [-0.1, -0.05) is 36.9 Å². The molecule has 0 bridgehead atoms. The van der Waals surface area contributed by atoms with Crippen molar-refractivity contribution in [2.24, 2.45) is 0 Å². The summed E-state index contributed by atoms with van der Waals surface area (Å²) in [5.74, 6) is 0. The zero-order valence-electron chi connectivity index (χ0n) is 8.98. The molecule has 0 saturated carbocycles. The van der Waals surface area contributed by atoms with Crippen LogP contribution >= 0.6 is 0 Å². The Morgan fingerprint density at radius 3 is 2.60 bits per heavy atom. The smallest absolute Gasteiger partial charge is 0.0716 e. The molecule has 0 aliphatic carbocycles. The lowest BCUT2D eigenvalue weighted by atomic mass is 10.1. The van der Waals surface area contributed by atoms with Gasteiger partial charge in [-0.05, 0) is 24.0 Å². The topological polar surface area (TPSA) is 29.5 Å². The van der Waals surface area contributed by atoms with Crippen molar-refractivity contribution in [2.75, 3.05) is 19.8 Å². The van der Waals surface area contributed by atoms with Crippen molar-refractivity contribution in [2.45, 2.75) is 12.8 Å². The van der Waals surface area contributed by atoms with Gasteiger partial charge in [0.2, 0.25) is 0 Å². The zero-order chi connectivity index (χ0) is 10.9. The Hall–Kier alpha value is -1.12. The molecular weight excluding hydrogens is 188 g/mol. The molecule has 0 aliphatic heterocycles. The van der Waals surface area contributed by atoms with E-state index in [1.807, 2.05) is 30.3 Å². The van der Waals surface area contributed by atoms with Gasteiger partial charge in [0.05, 0.1) is 6.61 Å². The zero-order valence-corrected chi connectivity index (χ0v) is 8.98. The minimum atomic E-state index is 0.239. The molecule has 0 heterocycles. The quantitative estimate of drug-likeness (QED) is 0.694. The molecule has 0 spiro atoms. The summed E-state index contributed by atoms with van der Waals surface area (Å²) in [7, 11) is 0. The van der Waals surface area contributed by atoms with Crippen LogP contribution in [0, 0.1) is 0 Å². The van der Waals surface area contributed by atoms with E-state index in [2.05, 4.69) is 6.58 Å². The fraction of sp³-hybridized carbons (Fsp3) is 0.385. The molecule has 1 aromatic carbocycles. The Morgan fingerprint density at radius 1 is 1.20 bits per heavy atom. The van der Waals surface area contributed by atoms with Crippen LogP contribution in [0.3, 0.4) is 0 Å². The fourth-order valence-electron chi connectivity index (χ4n) is 1.27. The van der Waals surface area contributed by atoms with Crippen LogP contribution < -0.4 is 0 Å². The first kappa shape index (κ1) is 12.0. The molecule has 1 rings (SSSR count). The Bertz CT molecular complexity index is 280. The predicted octanol–water partition coefficient (Wildman–Crippen LogP) is 2.49. The normalized spacial score (nSPS) is 10.2. The van der Waals surface area contributed by atoms with Gasteiger partial charge in [0.15, 0.2) is 0 Å². The molecule has 1 aromatic rings. The highest BCUT2D eigenvalue weighted by Crippen LogP contribution is 2.11. The summed E-state index contributed by atoms with van der Waals surface area (Å²) < 4.78 is 5.44. The number of aliphatic hydroxyl groups is 1. The van der Waals surface area contributed by atoms with E-state index in [9.17, 15) is 0 Å². The first-order valence-corrected chi connectivity index (χ1v) is 5.26. The van der Waals surface area contributed by atoms with Gasteiger partial charge in [-0.15, -0.1) is 0 Å². The SMILES string of the molecule is C=C(COCCCCO)c1ccccc1. The molecule has 1 N–H and O–H groups in total. The summed E-state index contributed by atoms with van der Waals surface area (Å²) in [5.41, 5.74) is 2.12. The van der Waals surface area contributed by atoms with E-state index in [1.54, 1.807) is 0 Å². The summed E-state index contributed by atoms with van der Waals surface area (Å²) in [6.07, 6.45) is 1.70. The Balaban J connectivity index is 2.20. The van der Waals surface area contributed by atoms with E-state index < -0.39 is 0 Å². The minimum absolute atomic E-state index is 0.239. The number of ether oxygens (including phenoxy) is 1. The van der Waals surface area contributed by atoms with Gasteiger partial charge >= 0.3 is 0 Å². The van der Waals surface area contributed by atoms with Gasteiger partial charge in [0, 0.05) is 13.2 Å². The molecule has 0 radical (unpaired) electrons. The molecule has 0 unspecified atom stereocenters. The lowest BCUT2D eigenvalue weighted by molar-refractivity contribution is 0.154. The summed E-state index contributed by atoms with van der Waals surface area (Å²) in [6, 6.07) is 10.0. The van der Waals surface area contributed by atoms with Gasteiger partial charge in [-0.25, -0.2) is 0 Å². The van der Waals surface area contributed by atoms with Crippen LogP contribution in [0.2, 0.25) is 0 Å². The highest BCUT2D eigenvalue weighted by Gasteiger charge is 1.97. The number of hydrogen-bond donors (Lipinski definition) is 1. The Morgan fingerprint density at radius 2 is 1.93 bits per heavy atom. The average Bonchev–Trinajstić information content (AvgIpc) is 2.30. The van der Waals surface area contributed by atoms with Gasteiger partial charge in [-0.2, -0.15) is 0 Å². The van der Waals surface area contributed by atoms with Gasteiger partial charge in [0.25, 0.3) is 0 Å². The monoisotopic (exact) mass is 206 g/mol. The average molecular weight is 206 g/mol. The first-order chi connectivity index (χ1) is 7.34. The minimum Gasteiger partial charge on any atom is -0.396 e. The van der Waals surface area contributed by atoms with Crippen molar-refractivity contribution in [1.29, 1.82) is 0 Å². The summed E-state index contributed by atoms with van der Waals surface area (Å²) >= 11 is 0. The van der Waals surface area contributed by atoms with E-state index >= 15 is 0 Å². The van der Waals surface area contributed by atoms with Crippen molar-refractivity contribution in [3.05, 3.63) is 42.5 Å². The van der Waals surface area contributed by atoms with E-state index in [0.717, 1.165) is 24.0 Å². The number of hydrogen-bond acceptors (Lipinski definition) is 2. The Labute approximate surface area is 91.2 Å². The second-order valence-electron chi connectivity index (χ2n) is 3.45. The molecule has 0 saturated heterocycles. The fourth-order valence-corrected chi connectivity index (χ4v) is 1.27. The third-order valence-corrected chi connectivity index (χ3v) is 2.16. The van der Waals surface area contributed by atoms with E-state index in [1.165, 1.54) is 0 Å². The second kappa shape index (κ2) is 7.21. The van der Waals surface area contributed by atoms with Gasteiger partial charge < -0.3 is 9.84 Å². The standard InChI is InChI=1S/C13H18O2/c1-12(11-15-10-6-5-9-14)13-7-3-2-4-8-13/h2-4,7-8,14H,1,5-6,9-11H2. The largest absolute Gasteiger partial charge is 0.396 e. The van der Waals surface area contributed by atoms with E-state index in [-0.39, 0.29) is 6.61 Å². The summed E-state index contributed by atoms with van der Waals surface area (Å²) in [6.45, 7) is 5.46. The van der Waals surface area contributed by atoms with E-state index in [0.29, 0.717) is 13.2 Å². The highest BCUT2D eigenvalue weighted by molar-refractivity contribution is 5.63. The maximum absolute atomic E-state index is 8.58. The lowest BCUT2D eigenvalue weighted by Gasteiger charge is -2.06. The first-order valence-electron chi connectivity index (χ1n) is 5.26. The number of unbranched alkanes of at least 4 members (excludes halogenated alkanes) is 1. The molecule has 2 nitrogen and oxygen atoms in total. The van der Waals surface area contributed by atoms with Gasteiger partial charge in [-0.3, -0.25) is 0 Å². The van der Waals surface area contributed by atoms with Crippen LogP contribution in [0.5, 0.6) is 0 Å². The van der Waals surface area contributed by atoms with Crippen LogP contribution in [0.4, 0.5) is 0 Å². The molecule has 0 aromatic heterocycles. The number of benzene rings is 1. The number of rotatable bonds is 7. The maximum atomic E-state index is 8.58. The third-order valence-electron chi connectivity index (χ3n) is 2.16. The van der Waals surface area contributed by atoms with Crippen LogP contribution in [0.1, 0.15) is 18.4 Å². The van der Waals surface area contributed by atoms with Crippen molar-refractivity contribution < 1.29 is 9.84 Å². The predicted molar refractivity (Wildman–Crippen MR) is 62.6 cm³/mol. The highest BCUT2D eigenvalue weighted by atomic mass is 16.5. The lowest BCUT2D eigenvalue weighted by Crippen LogP contribution is -1.99. The molecule has 2 heteroatoms.